The van der Waals surface area contributed by atoms with Crippen LogP contribution >= 0.6 is 24.0 Å². The molecule has 0 saturated carbocycles. The van der Waals surface area contributed by atoms with Crippen LogP contribution in [0.3, 0.4) is 0 Å². The van der Waals surface area contributed by atoms with Gasteiger partial charge in [-0.2, -0.15) is 0 Å². The van der Waals surface area contributed by atoms with E-state index in [0.29, 0.717) is 11.7 Å². The van der Waals surface area contributed by atoms with E-state index in [0.717, 1.165) is 26.7 Å². The molecule has 0 heterocycles. The Morgan fingerprint density at radius 3 is 2.09 bits per heavy atom. The molecule has 0 amide bonds. The Balaban J connectivity index is 2.21. The van der Waals surface area contributed by atoms with Crippen LogP contribution in [0.4, 0.5) is 0 Å². The van der Waals surface area contributed by atoms with E-state index in [4.69, 9.17) is 0 Å². The van der Waals surface area contributed by atoms with Crippen molar-refractivity contribution in [3.05, 3.63) is 88.4 Å². The summed E-state index contributed by atoms with van der Waals surface area (Å²) >= 11 is 3.61. The lowest BCUT2D eigenvalue weighted by Crippen LogP contribution is -2.09. The standard InChI is InChI=1S/C19H16BrO2P/c20-17-11-12-18(23(21)22)16(13-14-7-3-1-4-8-14)19(17)15-9-5-2-6-10-15/h1-12,23H,13H2,(H,21,22). The highest BCUT2D eigenvalue weighted by Crippen LogP contribution is 2.35. The molecule has 3 aromatic rings. The van der Waals surface area contributed by atoms with E-state index in [-0.39, 0.29) is 0 Å². The molecule has 3 rings (SSSR count). The van der Waals surface area contributed by atoms with Crippen LogP contribution in [0.1, 0.15) is 11.1 Å². The fourth-order valence-electron chi connectivity index (χ4n) is 2.72. The van der Waals surface area contributed by atoms with Crippen molar-refractivity contribution in [1.82, 2.24) is 0 Å². The van der Waals surface area contributed by atoms with Crippen LogP contribution in [-0.2, 0) is 11.0 Å². The molecule has 0 saturated heterocycles. The van der Waals surface area contributed by atoms with E-state index in [1.54, 1.807) is 6.07 Å². The molecular formula is C19H16BrO2P. The van der Waals surface area contributed by atoms with Crippen molar-refractivity contribution < 1.29 is 9.46 Å². The minimum atomic E-state index is -2.78. The monoisotopic (exact) mass is 386 g/mol. The van der Waals surface area contributed by atoms with Crippen LogP contribution < -0.4 is 5.30 Å². The van der Waals surface area contributed by atoms with Crippen molar-refractivity contribution in [3.63, 3.8) is 0 Å². The molecule has 0 aliphatic heterocycles. The van der Waals surface area contributed by atoms with Crippen LogP contribution in [-0.4, -0.2) is 4.89 Å². The lowest BCUT2D eigenvalue weighted by Gasteiger charge is -2.16. The highest BCUT2D eigenvalue weighted by atomic mass is 79.9. The minimum absolute atomic E-state index is 0.529. The van der Waals surface area contributed by atoms with Crippen LogP contribution in [0, 0.1) is 0 Å². The van der Waals surface area contributed by atoms with E-state index in [9.17, 15) is 9.46 Å². The molecule has 1 unspecified atom stereocenters. The van der Waals surface area contributed by atoms with Gasteiger partial charge in [0.1, 0.15) is 0 Å². The molecule has 0 bridgehead atoms. The second-order valence-corrected chi connectivity index (χ2v) is 7.29. The van der Waals surface area contributed by atoms with Gasteiger partial charge in [0.05, 0.1) is 0 Å². The van der Waals surface area contributed by atoms with E-state index in [2.05, 4.69) is 15.9 Å². The Morgan fingerprint density at radius 1 is 0.870 bits per heavy atom. The second-order valence-electron chi connectivity index (χ2n) is 5.28. The van der Waals surface area contributed by atoms with Crippen molar-refractivity contribution in [3.8, 4) is 11.1 Å². The summed E-state index contributed by atoms with van der Waals surface area (Å²) in [6.07, 6.45) is 0.622. The summed E-state index contributed by atoms with van der Waals surface area (Å²) in [5.41, 5.74) is 4.05. The topological polar surface area (TPSA) is 37.3 Å². The lowest BCUT2D eigenvalue weighted by atomic mass is 9.95. The maximum Gasteiger partial charge on any atom is 0.218 e. The summed E-state index contributed by atoms with van der Waals surface area (Å²) < 4.78 is 12.8. The van der Waals surface area contributed by atoms with Gasteiger partial charge in [-0.3, -0.25) is 4.57 Å². The van der Waals surface area contributed by atoms with Gasteiger partial charge in [-0.15, -0.1) is 0 Å². The van der Waals surface area contributed by atoms with Crippen molar-refractivity contribution in [2.45, 2.75) is 6.42 Å². The first-order valence-corrected chi connectivity index (χ1v) is 9.45. The SMILES string of the molecule is O=[PH](O)c1ccc(Br)c(-c2ccccc2)c1Cc1ccccc1. The van der Waals surface area contributed by atoms with E-state index < -0.39 is 8.03 Å². The molecule has 116 valence electrons. The zero-order chi connectivity index (χ0) is 16.2. The van der Waals surface area contributed by atoms with Crippen molar-refractivity contribution >= 4 is 29.3 Å². The molecule has 0 fully saturated rings. The summed E-state index contributed by atoms with van der Waals surface area (Å²) in [4.78, 5) is 9.78. The maximum absolute atomic E-state index is 11.9. The van der Waals surface area contributed by atoms with Gasteiger partial charge < -0.3 is 4.89 Å². The fraction of sp³-hybridized carbons (Fsp3) is 0.0526. The third-order valence-corrected chi connectivity index (χ3v) is 5.37. The molecular weight excluding hydrogens is 371 g/mol. The number of benzene rings is 3. The maximum atomic E-state index is 11.9. The Labute approximate surface area is 144 Å². The molecule has 23 heavy (non-hydrogen) atoms. The smallest absolute Gasteiger partial charge is 0.218 e. The van der Waals surface area contributed by atoms with Gasteiger partial charge >= 0.3 is 0 Å². The molecule has 0 aliphatic carbocycles. The number of rotatable bonds is 4. The third-order valence-electron chi connectivity index (χ3n) is 3.78. The molecule has 0 radical (unpaired) electrons. The first-order valence-electron chi connectivity index (χ1n) is 7.31. The van der Waals surface area contributed by atoms with E-state index in [1.807, 2.05) is 66.7 Å². The summed E-state index contributed by atoms with van der Waals surface area (Å²) in [7, 11) is -2.78. The Hall–Kier alpha value is -1.67. The van der Waals surface area contributed by atoms with Gasteiger partial charge in [0.2, 0.25) is 8.03 Å². The molecule has 1 atom stereocenters. The van der Waals surface area contributed by atoms with Crippen molar-refractivity contribution in [2.24, 2.45) is 0 Å². The Bertz CT molecular complexity index is 833. The van der Waals surface area contributed by atoms with E-state index >= 15 is 0 Å². The average Bonchev–Trinajstić information content (AvgIpc) is 2.56. The average molecular weight is 387 g/mol. The Kier molecular flexibility index (Phi) is 5.12. The molecule has 2 nitrogen and oxygen atoms in total. The molecule has 0 spiro atoms. The minimum Gasteiger partial charge on any atom is -0.343 e. The van der Waals surface area contributed by atoms with Crippen LogP contribution in [0.15, 0.2) is 77.3 Å². The molecule has 3 aromatic carbocycles. The predicted molar refractivity (Wildman–Crippen MR) is 99.7 cm³/mol. The zero-order valence-electron chi connectivity index (χ0n) is 12.4. The summed E-state index contributed by atoms with van der Waals surface area (Å²) in [5.74, 6) is 0. The van der Waals surface area contributed by atoms with Gasteiger partial charge in [-0.1, -0.05) is 76.6 Å². The highest BCUT2D eigenvalue weighted by Gasteiger charge is 2.17. The zero-order valence-corrected chi connectivity index (χ0v) is 15.0. The normalized spacial score (nSPS) is 12.1. The predicted octanol–water partition coefficient (Wildman–Crippen LogP) is 4.80. The van der Waals surface area contributed by atoms with Crippen LogP contribution in [0.5, 0.6) is 0 Å². The van der Waals surface area contributed by atoms with Crippen LogP contribution in [0.25, 0.3) is 11.1 Å². The van der Waals surface area contributed by atoms with Gasteiger partial charge in [0.15, 0.2) is 0 Å². The first-order chi connectivity index (χ1) is 11.2. The molecule has 4 heteroatoms. The van der Waals surface area contributed by atoms with Gasteiger partial charge in [0.25, 0.3) is 0 Å². The molecule has 0 aromatic heterocycles. The third kappa shape index (κ3) is 3.64. The summed E-state index contributed by atoms with van der Waals surface area (Å²) in [6.45, 7) is 0. The number of hydrogen-bond donors (Lipinski definition) is 1. The number of hydrogen-bond acceptors (Lipinski definition) is 1. The van der Waals surface area contributed by atoms with Crippen molar-refractivity contribution in [1.29, 1.82) is 0 Å². The summed E-state index contributed by atoms with van der Waals surface area (Å²) in [5, 5.41) is 0.529. The first kappa shape index (κ1) is 16.2. The molecule has 1 N–H and O–H groups in total. The van der Waals surface area contributed by atoms with Crippen molar-refractivity contribution in [2.75, 3.05) is 0 Å². The largest absolute Gasteiger partial charge is 0.343 e. The van der Waals surface area contributed by atoms with Crippen LogP contribution in [0.2, 0.25) is 0 Å². The second kappa shape index (κ2) is 7.27. The highest BCUT2D eigenvalue weighted by molar-refractivity contribution is 9.10. The van der Waals surface area contributed by atoms with Gasteiger partial charge in [0, 0.05) is 15.3 Å². The van der Waals surface area contributed by atoms with E-state index in [1.165, 1.54) is 0 Å². The number of halogens is 1. The quantitative estimate of drug-likeness (QED) is 0.653. The lowest BCUT2D eigenvalue weighted by molar-refractivity contribution is 0.513. The fourth-order valence-corrected chi connectivity index (χ4v) is 4.02. The molecule has 0 aliphatic rings. The Morgan fingerprint density at radius 2 is 1.48 bits per heavy atom. The van der Waals surface area contributed by atoms with Gasteiger partial charge in [-0.05, 0) is 35.2 Å². The van der Waals surface area contributed by atoms with Gasteiger partial charge in [-0.25, -0.2) is 0 Å². The summed E-state index contributed by atoms with van der Waals surface area (Å²) in [6, 6.07) is 23.6.